The van der Waals surface area contributed by atoms with Crippen molar-refractivity contribution < 1.29 is 13.9 Å². The number of nitrogens with one attached hydrogen (secondary N) is 1. The Labute approximate surface area is 125 Å². The molecule has 0 saturated carbocycles. The van der Waals surface area contributed by atoms with Gasteiger partial charge in [-0.1, -0.05) is 12.1 Å². The van der Waals surface area contributed by atoms with Crippen LogP contribution < -0.4 is 5.56 Å². The fraction of sp³-hybridized carbons (Fsp3) is 0.0625. The van der Waals surface area contributed by atoms with E-state index in [0.29, 0.717) is 16.6 Å². The molecule has 0 radical (unpaired) electrons. The van der Waals surface area contributed by atoms with Gasteiger partial charge in [0.15, 0.2) is 0 Å². The van der Waals surface area contributed by atoms with Gasteiger partial charge in [0.05, 0.1) is 24.4 Å². The van der Waals surface area contributed by atoms with Crippen molar-refractivity contribution in [3.05, 3.63) is 64.0 Å². The molecular formula is C16H12N2O4. The molecule has 3 aromatic rings. The number of carbonyl (C=O) groups is 1. The number of para-hydroxylation sites is 2. The van der Waals surface area contributed by atoms with Gasteiger partial charge < -0.3 is 14.1 Å². The average Bonchev–Trinajstić information content (AvgIpc) is 3.00. The molecule has 2 aromatic heterocycles. The third-order valence-corrected chi connectivity index (χ3v) is 3.11. The van der Waals surface area contributed by atoms with Crippen molar-refractivity contribution in [3.8, 4) is 0 Å². The first-order valence-electron chi connectivity index (χ1n) is 6.52. The number of aromatic amines is 1. The van der Waals surface area contributed by atoms with Crippen molar-refractivity contribution in [2.24, 2.45) is 0 Å². The number of methoxy groups -OCH3 is 1. The number of H-pyrrole nitrogens is 1. The van der Waals surface area contributed by atoms with Crippen LogP contribution in [0.2, 0.25) is 0 Å². The molecule has 1 aromatic carbocycles. The monoisotopic (exact) mass is 296 g/mol. The summed E-state index contributed by atoms with van der Waals surface area (Å²) in [4.78, 5) is 30.5. The van der Waals surface area contributed by atoms with E-state index in [9.17, 15) is 9.59 Å². The Balaban J connectivity index is 2.00. The Morgan fingerprint density at radius 2 is 2.09 bits per heavy atom. The molecule has 0 unspecified atom stereocenters. The number of rotatable bonds is 3. The summed E-state index contributed by atoms with van der Waals surface area (Å²) in [6.45, 7) is 0. The topological polar surface area (TPSA) is 85.2 Å². The van der Waals surface area contributed by atoms with Crippen LogP contribution in [0.4, 0.5) is 0 Å². The van der Waals surface area contributed by atoms with E-state index in [1.807, 2.05) is 12.1 Å². The molecule has 0 atom stereocenters. The number of nitrogens with zero attached hydrogens (tertiary/aromatic N) is 1. The van der Waals surface area contributed by atoms with Crippen LogP contribution in [0, 0.1) is 0 Å². The van der Waals surface area contributed by atoms with Crippen LogP contribution in [0.5, 0.6) is 0 Å². The van der Waals surface area contributed by atoms with Gasteiger partial charge in [-0.15, -0.1) is 0 Å². The minimum Gasteiger partial charge on any atom is -0.463 e. The summed E-state index contributed by atoms with van der Waals surface area (Å²) < 4.78 is 9.69. The Bertz CT molecular complexity index is 921. The highest BCUT2D eigenvalue weighted by atomic mass is 16.5. The van der Waals surface area contributed by atoms with Crippen LogP contribution in [0.15, 0.2) is 45.8 Å². The molecule has 0 fully saturated rings. The maximum Gasteiger partial charge on any atom is 0.374 e. The van der Waals surface area contributed by atoms with Crippen molar-refractivity contribution in [2.75, 3.05) is 7.11 Å². The summed E-state index contributed by atoms with van der Waals surface area (Å²) in [5.41, 5.74) is 1.81. The van der Waals surface area contributed by atoms with Crippen molar-refractivity contribution in [2.45, 2.75) is 0 Å². The lowest BCUT2D eigenvalue weighted by Gasteiger charge is -1.98. The van der Waals surface area contributed by atoms with Crippen LogP contribution in [0.25, 0.3) is 23.2 Å². The van der Waals surface area contributed by atoms with Crippen LogP contribution in [-0.2, 0) is 4.74 Å². The first kappa shape index (κ1) is 13.8. The maximum absolute atomic E-state index is 12.0. The second kappa shape index (κ2) is 5.69. The molecule has 110 valence electrons. The third-order valence-electron chi connectivity index (χ3n) is 3.11. The third kappa shape index (κ3) is 2.54. The lowest BCUT2D eigenvalue weighted by molar-refractivity contribution is 0.0565. The van der Waals surface area contributed by atoms with E-state index in [-0.39, 0.29) is 17.0 Å². The van der Waals surface area contributed by atoms with Crippen LogP contribution >= 0.6 is 0 Å². The van der Waals surface area contributed by atoms with E-state index in [1.54, 1.807) is 24.3 Å². The smallest absolute Gasteiger partial charge is 0.374 e. The van der Waals surface area contributed by atoms with E-state index in [2.05, 4.69) is 14.7 Å². The predicted molar refractivity (Wildman–Crippen MR) is 81.3 cm³/mol. The number of hydrogen-bond acceptors (Lipinski definition) is 5. The molecule has 0 aliphatic heterocycles. The molecular weight excluding hydrogens is 284 g/mol. The highest BCUT2D eigenvalue weighted by Gasteiger charge is 2.13. The minimum atomic E-state index is -0.579. The van der Waals surface area contributed by atoms with E-state index < -0.39 is 5.97 Å². The summed E-state index contributed by atoms with van der Waals surface area (Å²) in [5, 5.41) is 0. The van der Waals surface area contributed by atoms with Gasteiger partial charge in [0, 0.05) is 5.56 Å². The number of ether oxygens (including phenoxy) is 1. The number of hydrogen-bond donors (Lipinski definition) is 1. The number of furan rings is 1. The van der Waals surface area contributed by atoms with Crippen LogP contribution in [0.1, 0.15) is 21.8 Å². The molecule has 6 nitrogen and oxygen atoms in total. The maximum atomic E-state index is 12.0. The molecule has 22 heavy (non-hydrogen) atoms. The van der Waals surface area contributed by atoms with Crippen molar-refractivity contribution in [3.63, 3.8) is 0 Å². The van der Waals surface area contributed by atoms with Gasteiger partial charge >= 0.3 is 5.97 Å². The molecule has 0 spiro atoms. The first-order valence-corrected chi connectivity index (χ1v) is 6.52. The molecule has 1 N–H and O–H groups in total. The fourth-order valence-corrected chi connectivity index (χ4v) is 2.03. The molecule has 0 aliphatic carbocycles. The number of aromatic nitrogens is 2. The van der Waals surface area contributed by atoms with Gasteiger partial charge in [-0.3, -0.25) is 4.79 Å². The van der Waals surface area contributed by atoms with Crippen LogP contribution in [0.3, 0.4) is 0 Å². The highest BCUT2D eigenvalue weighted by molar-refractivity contribution is 5.91. The van der Waals surface area contributed by atoms with E-state index in [4.69, 9.17) is 4.42 Å². The van der Waals surface area contributed by atoms with Gasteiger partial charge in [0.2, 0.25) is 5.76 Å². The van der Waals surface area contributed by atoms with Crippen LogP contribution in [-0.4, -0.2) is 23.0 Å². The van der Waals surface area contributed by atoms with Crippen molar-refractivity contribution >= 4 is 29.2 Å². The zero-order valence-electron chi connectivity index (χ0n) is 11.7. The van der Waals surface area contributed by atoms with Gasteiger partial charge in [-0.2, -0.15) is 0 Å². The zero-order chi connectivity index (χ0) is 15.5. The molecule has 2 heterocycles. The first-order chi connectivity index (χ1) is 10.7. The quantitative estimate of drug-likeness (QED) is 0.750. The van der Waals surface area contributed by atoms with Gasteiger partial charge in [0.1, 0.15) is 5.69 Å². The standard InChI is InChI=1S/C16H12N2O4/c1-21-16(20)14-10(8-9-22-14)6-7-13-15(19)18-12-5-3-2-4-11(12)17-13/h2-9H,1H3,(H,18,19). The summed E-state index contributed by atoms with van der Waals surface area (Å²) in [7, 11) is 1.27. The number of carbonyl (C=O) groups excluding carboxylic acids is 1. The lowest BCUT2D eigenvalue weighted by Crippen LogP contribution is -2.11. The molecule has 0 aliphatic rings. The summed E-state index contributed by atoms with van der Waals surface area (Å²) in [5.74, 6) is -0.499. The van der Waals surface area contributed by atoms with Gasteiger partial charge in [-0.25, -0.2) is 9.78 Å². The Morgan fingerprint density at radius 3 is 2.91 bits per heavy atom. The minimum absolute atomic E-state index is 0.0796. The lowest BCUT2D eigenvalue weighted by atomic mass is 10.2. The molecule has 0 saturated heterocycles. The van der Waals surface area contributed by atoms with E-state index >= 15 is 0 Å². The summed E-state index contributed by atoms with van der Waals surface area (Å²) in [6, 6.07) is 8.86. The summed E-state index contributed by atoms with van der Waals surface area (Å²) >= 11 is 0. The number of fused-ring (bicyclic) bond motifs is 1. The van der Waals surface area contributed by atoms with Gasteiger partial charge in [-0.05, 0) is 30.4 Å². The second-order valence-corrected chi connectivity index (χ2v) is 4.50. The Kier molecular flexibility index (Phi) is 3.57. The zero-order valence-corrected chi connectivity index (χ0v) is 11.7. The normalized spacial score (nSPS) is 11.1. The number of benzene rings is 1. The number of esters is 1. The largest absolute Gasteiger partial charge is 0.463 e. The van der Waals surface area contributed by atoms with Gasteiger partial charge in [0.25, 0.3) is 5.56 Å². The molecule has 6 heteroatoms. The Hall–Kier alpha value is -3.15. The molecule has 3 rings (SSSR count). The fourth-order valence-electron chi connectivity index (χ4n) is 2.03. The molecule has 0 amide bonds. The highest BCUT2D eigenvalue weighted by Crippen LogP contribution is 2.15. The van der Waals surface area contributed by atoms with Crippen molar-refractivity contribution in [1.82, 2.24) is 9.97 Å². The van der Waals surface area contributed by atoms with Crippen molar-refractivity contribution in [1.29, 1.82) is 0 Å². The predicted octanol–water partition coefficient (Wildman–Crippen LogP) is 2.47. The molecule has 0 bridgehead atoms. The van der Waals surface area contributed by atoms with E-state index in [1.165, 1.54) is 19.4 Å². The Morgan fingerprint density at radius 1 is 1.27 bits per heavy atom. The SMILES string of the molecule is COC(=O)c1occc1C=Cc1nc2ccccc2[nH]c1=O. The average molecular weight is 296 g/mol. The summed E-state index contributed by atoms with van der Waals surface area (Å²) in [6.07, 6.45) is 4.49. The van der Waals surface area contributed by atoms with E-state index in [0.717, 1.165) is 0 Å². The second-order valence-electron chi connectivity index (χ2n) is 4.50.